The Morgan fingerprint density at radius 3 is 2.43 bits per heavy atom. The van der Waals surface area contributed by atoms with Crippen molar-refractivity contribution in [2.24, 2.45) is 0 Å². The average molecular weight is 324 g/mol. The number of thiophene rings is 1. The van der Waals surface area contributed by atoms with Gasteiger partial charge in [0.1, 0.15) is 9.88 Å². The van der Waals surface area contributed by atoms with Gasteiger partial charge in [-0.2, -0.15) is 0 Å². The summed E-state index contributed by atoms with van der Waals surface area (Å²) in [4.78, 5) is 29.4. The molecule has 2 heterocycles. The van der Waals surface area contributed by atoms with E-state index in [1.807, 2.05) is 19.9 Å². The number of aromatic nitrogens is 1. The van der Waals surface area contributed by atoms with Crippen LogP contribution >= 0.6 is 22.7 Å². The van der Waals surface area contributed by atoms with Gasteiger partial charge in [-0.15, -0.1) is 22.7 Å². The van der Waals surface area contributed by atoms with Crippen LogP contribution in [0.1, 0.15) is 53.5 Å². The van der Waals surface area contributed by atoms with E-state index in [4.69, 9.17) is 5.11 Å². The molecule has 0 saturated carbocycles. The van der Waals surface area contributed by atoms with Gasteiger partial charge in [-0.25, -0.2) is 9.78 Å². The highest BCUT2D eigenvalue weighted by Crippen LogP contribution is 2.25. The molecule has 7 heteroatoms. The molecular formula is C14H16N2O3S2. The van der Waals surface area contributed by atoms with Gasteiger partial charge >= 0.3 is 5.97 Å². The molecule has 0 aromatic carbocycles. The fourth-order valence-corrected chi connectivity index (χ4v) is 3.66. The number of rotatable bonds is 4. The van der Waals surface area contributed by atoms with Crippen LogP contribution in [0.25, 0.3) is 0 Å². The quantitative estimate of drug-likeness (QED) is 0.904. The summed E-state index contributed by atoms with van der Waals surface area (Å²) in [7, 11) is 0. The van der Waals surface area contributed by atoms with Crippen molar-refractivity contribution >= 4 is 34.6 Å². The summed E-state index contributed by atoms with van der Waals surface area (Å²) in [5.74, 6) is -1.15. The first-order chi connectivity index (χ1) is 9.79. The number of nitrogens with zero attached hydrogens (tertiary/aromatic N) is 1. The Bertz CT molecular complexity index is 684. The van der Waals surface area contributed by atoms with Crippen molar-refractivity contribution in [3.8, 4) is 0 Å². The number of carboxylic acids is 1. The minimum absolute atomic E-state index is 0.159. The Hall–Kier alpha value is -1.73. The zero-order valence-electron chi connectivity index (χ0n) is 12.2. The number of aromatic carboxylic acids is 1. The van der Waals surface area contributed by atoms with E-state index in [0.717, 1.165) is 21.8 Å². The van der Waals surface area contributed by atoms with Crippen LogP contribution in [0.2, 0.25) is 0 Å². The zero-order chi connectivity index (χ0) is 15.7. The maximum atomic E-state index is 12.2. The van der Waals surface area contributed by atoms with Crippen LogP contribution in [0.4, 0.5) is 0 Å². The first-order valence-corrected chi connectivity index (χ1v) is 8.01. The van der Waals surface area contributed by atoms with Crippen molar-refractivity contribution in [1.82, 2.24) is 10.3 Å². The Kier molecular flexibility index (Phi) is 4.43. The van der Waals surface area contributed by atoms with E-state index in [1.165, 1.54) is 11.3 Å². The van der Waals surface area contributed by atoms with Crippen LogP contribution in [0.5, 0.6) is 0 Å². The molecule has 0 fully saturated rings. The highest BCUT2D eigenvalue weighted by Gasteiger charge is 2.20. The predicted octanol–water partition coefficient (Wildman–Crippen LogP) is 3.32. The summed E-state index contributed by atoms with van der Waals surface area (Å²) in [6.45, 7) is 7.40. The molecule has 0 aliphatic heterocycles. The molecule has 0 aliphatic rings. The average Bonchev–Trinajstić information content (AvgIpc) is 2.94. The van der Waals surface area contributed by atoms with Crippen LogP contribution in [0.3, 0.4) is 0 Å². The van der Waals surface area contributed by atoms with Gasteiger partial charge in [0.15, 0.2) is 0 Å². The second-order valence-corrected chi connectivity index (χ2v) is 7.10. The monoisotopic (exact) mass is 324 g/mol. The maximum absolute atomic E-state index is 12.2. The summed E-state index contributed by atoms with van der Waals surface area (Å²) < 4.78 is 0. The molecule has 0 aliphatic carbocycles. The van der Waals surface area contributed by atoms with Crippen molar-refractivity contribution < 1.29 is 14.7 Å². The van der Waals surface area contributed by atoms with Gasteiger partial charge in [0.05, 0.1) is 16.6 Å². The molecular weight excluding hydrogens is 308 g/mol. The third-order valence-electron chi connectivity index (χ3n) is 3.12. The first kappa shape index (κ1) is 15.7. The summed E-state index contributed by atoms with van der Waals surface area (Å²) in [6.07, 6.45) is 0. The smallest absolute Gasteiger partial charge is 0.347 e. The van der Waals surface area contributed by atoms with E-state index in [9.17, 15) is 9.59 Å². The molecule has 1 atom stereocenters. The highest BCUT2D eigenvalue weighted by molar-refractivity contribution is 7.14. The van der Waals surface area contributed by atoms with Crippen molar-refractivity contribution in [3.63, 3.8) is 0 Å². The fraction of sp³-hybridized carbons (Fsp3) is 0.357. The molecule has 0 radical (unpaired) electrons. The Labute approximate surface area is 130 Å². The lowest BCUT2D eigenvalue weighted by molar-refractivity contribution is 0.0701. The standard InChI is InChI=1S/C14H16N2O3S2/c1-6-5-10(20-9(6)4)12(17)15-8(3)13-16-7(2)11(21-13)14(18)19/h5,8H,1-4H3,(H,15,17)(H,18,19). The van der Waals surface area contributed by atoms with E-state index >= 15 is 0 Å². The Balaban J connectivity index is 2.14. The molecule has 112 valence electrons. The van der Waals surface area contributed by atoms with Crippen molar-refractivity contribution in [1.29, 1.82) is 0 Å². The normalized spacial score (nSPS) is 12.2. The number of nitrogens with one attached hydrogen (secondary N) is 1. The number of hydrogen-bond acceptors (Lipinski definition) is 5. The molecule has 1 amide bonds. The number of amides is 1. The molecule has 1 unspecified atom stereocenters. The molecule has 2 N–H and O–H groups in total. The lowest BCUT2D eigenvalue weighted by atomic mass is 10.2. The van der Waals surface area contributed by atoms with Gasteiger partial charge < -0.3 is 10.4 Å². The summed E-state index contributed by atoms with van der Waals surface area (Å²) in [6, 6.07) is 1.54. The van der Waals surface area contributed by atoms with Crippen LogP contribution < -0.4 is 5.32 Å². The van der Waals surface area contributed by atoms with E-state index in [0.29, 0.717) is 15.6 Å². The number of aryl methyl sites for hydroxylation is 3. The van der Waals surface area contributed by atoms with E-state index < -0.39 is 5.97 Å². The van der Waals surface area contributed by atoms with Crippen LogP contribution in [-0.2, 0) is 0 Å². The third-order valence-corrected chi connectivity index (χ3v) is 5.59. The van der Waals surface area contributed by atoms with Crippen LogP contribution in [-0.4, -0.2) is 22.0 Å². The SMILES string of the molecule is Cc1cc(C(=O)NC(C)c2nc(C)c(C(=O)O)s2)sc1C. The van der Waals surface area contributed by atoms with Gasteiger partial charge in [-0.1, -0.05) is 0 Å². The van der Waals surface area contributed by atoms with E-state index in [-0.39, 0.29) is 16.8 Å². The number of thiazole rings is 1. The lowest BCUT2D eigenvalue weighted by Crippen LogP contribution is -2.25. The van der Waals surface area contributed by atoms with Gasteiger partial charge in [-0.05, 0) is 39.3 Å². The summed E-state index contributed by atoms with van der Waals surface area (Å²) >= 11 is 2.55. The maximum Gasteiger partial charge on any atom is 0.347 e. The Morgan fingerprint density at radius 2 is 1.95 bits per heavy atom. The summed E-state index contributed by atoms with van der Waals surface area (Å²) in [5.41, 5.74) is 1.57. The second-order valence-electron chi connectivity index (χ2n) is 4.82. The van der Waals surface area contributed by atoms with Crippen molar-refractivity contribution in [3.05, 3.63) is 37.0 Å². The van der Waals surface area contributed by atoms with E-state index in [1.54, 1.807) is 13.8 Å². The molecule has 0 bridgehead atoms. The second kappa shape index (κ2) is 5.95. The zero-order valence-corrected chi connectivity index (χ0v) is 13.8. The number of carbonyl (C=O) groups is 2. The van der Waals surface area contributed by atoms with Crippen molar-refractivity contribution in [2.45, 2.75) is 33.7 Å². The third kappa shape index (κ3) is 3.30. The van der Waals surface area contributed by atoms with Crippen LogP contribution in [0.15, 0.2) is 6.07 Å². The predicted molar refractivity (Wildman–Crippen MR) is 83.5 cm³/mol. The topological polar surface area (TPSA) is 79.3 Å². The lowest BCUT2D eigenvalue weighted by Gasteiger charge is -2.09. The molecule has 5 nitrogen and oxygen atoms in total. The minimum Gasteiger partial charge on any atom is -0.477 e. The Morgan fingerprint density at radius 1 is 1.29 bits per heavy atom. The van der Waals surface area contributed by atoms with Gasteiger partial charge in [0.2, 0.25) is 0 Å². The van der Waals surface area contributed by atoms with Crippen molar-refractivity contribution in [2.75, 3.05) is 0 Å². The number of carbonyl (C=O) groups excluding carboxylic acids is 1. The van der Waals surface area contributed by atoms with Gasteiger partial charge in [0.25, 0.3) is 5.91 Å². The highest BCUT2D eigenvalue weighted by atomic mass is 32.1. The molecule has 0 saturated heterocycles. The van der Waals surface area contributed by atoms with E-state index in [2.05, 4.69) is 10.3 Å². The largest absolute Gasteiger partial charge is 0.477 e. The number of carboxylic acid groups (broad SMARTS) is 1. The van der Waals surface area contributed by atoms with Gasteiger partial charge in [0, 0.05) is 4.88 Å². The summed E-state index contributed by atoms with van der Waals surface area (Å²) in [5, 5.41) is 12.5. The fourth-order valence-electron chi connectivity index (χ4n) is 1.82. The molecule has 2 aromatic heterocycles. The molecule has 0 spiro atoms. The minimum atomic E-state index is -0.987. The molecule has 2 rings (SSSR count). The molecule has 21 heavy (non-hydrogen) atoms. The molecule has 2 aromatic rings. The number of hydrogen-bond donors (Lipinski definition) is 2. The van der Waals surface area contributed by atoms with Crippen LogP contribution in [0, 0.1) is 20.8 Å². The first-order valence-electron chi connectivity index (χ1n) is 6.38. The van der Waals surface area contributed by atoms with Gasteiger partial charge in [-0.3, -0.25) is 4.79 Å².